The van der Waals surface area contributed by atoms with E-state index in [2.05, 4.69) is 56.4 Å². The Morgan fingerprint density at radius 1 is 1.26 bits per heavy atom. The summed E-state index contributed by atoms with van der Waals surface area (Å²) in [6, 6.07) is 8.36. The van der Waals surface area contributed by atoms with Gasteiger partial charge in [-0.1, -0.05) is 51.0 Å². The zero-order valence-electron chi connectivity index (χ0n) is 12.7. The number of unbranched alkanes of at least 4 members (excludes halogenated alkanes) is 1. The summed E-state index contributed by atoms with van der Waals surface area (Å²) >= 11 is 0. The van der Waals surface area contributed by atoms with Crippen molar-refractivity contribution in [2.24, 2.45) is 5.92 Å². The van der Waals surface area contributed by atoms with E-state index < -0.39 is 0 Å². The van der Waals surface area contributed by atoms with E-state index >= 15 is 0 Å². The van der Waals surface area contributed by atoms with Crippen LogP contribution in [0.25, 0.3) is 6.08 Å². The Balaban J connectivity index is 2.66. The van der Waals surface area contributed by atoms with Gasteiger partial charge in [0.15, 0.2) is 0 Å². The number of likely N-dealkylation sites (N-methyl/N-ethyl adjacent to an activating group) is 1. The number of nitrogens with one attached hydrogen (secondary N) is 1. The molecule has 0 spiro atoms. The van der Waals surface area contributed by atoms with Crippen LogP contribution in [0.15, 0.2) is 29.8 Å². The van der Waals surface area contributed by atoms with Gasteiger partial charge in [-0.15, -0.1) is 0 Å². The normalized spacial score (nSPS) is 11.9. The van der Waals surface area contributed by atoms with Crippen molar-refractivity contribution in [3.05, 3.63) is 35.4 Å². The van der Waals surface area contributed by atoms with Gasteiger partial charge in [0.05, 0.1) is 6.61 Å². The van der Waals surface area contributed by atoms with Gasteiger partial charge in [0.25, 0.3) is 0 Å². The van der Waals surface area contributed by atoms with Crippen molar-refractivity contribution in [1.29, 1.82) is 0 Å². The molecule has 1 aromatic rings. The Morgan fingerprint density at radius 2 is 1.95 bits per heavy atom. The van der Waals surface area contributed by atoms with Gasteiger partial charge in [-0.25, -0.2) is 0 Å². The van der Waals surface area contributed by atoms with Crippen LogP contribution in [-0.2, 0) is 0 Å². The third kappa shape index (κ3) is 5.93. The Morgan fingerprint density at radius 3 is 2.47 bits per heavy atom. The predicted octanol–water partition coefficient (Wildman–Crippen LogP) is 4.12. The van der Waals surface area contributed by atoms with Gasteiger partial charge in [-0.05, 0) is 37.1 Å². The first kappa shape index (κ1) is 15.8. The van der Waals surface area contributed by atoms with E-state index in [1.807, 2.05) is 7.05 Å². The highest BCUT2D eigenvalue weighted by atomic mass is 16.5. The van der Waals surface area contributed by atoms with Crippen molar-refractivity contribution in [3.8, 4) is 5.75 Å². The van der Waals surface area contributed by atoms with Crippen LogP contribution in [0.3, 0.4) is 0 Å². The Hall–Kier alpha value is -1.28. The molecule has 0 amide bonds. The fourth-order valence-corrected chi connectivity index (χ4v) is 1.83. The number of benzene rings is 1. The lowest BCUT2D eigenvalue weighted by atomic mass is 10.0. The molecule has 0 bridgehead atoms. The molecule has 0 fully saturated rings. The van der Waals surface area contributed by atoms with Gasteiger partial charge in [-0.2, -0.15) is 0 Å². The molecule has 0 aromatic heterocycles. The maximum atomic E-state index is 5.67. The fraction of sp³-hybridized carbons (Fsp3) is 0.529. The van der Waals surface area contributed by atoms with E-state index in [-0.39, 0.29) is 0 Å². The summed E-state index contributed by atoms with van der Waals surface area (Å²) in [6.45, 7) is 8.37. The molecule has 106 valence electrons. The first-order valence-corrected chi connectivity index (χ1v) is 7.25. The van der Waals surface area contributed by atoms with E-state index in [0.717, 1.165) is 25.3 Å². The Bertz CT molecular complexity index is 379. The third-order valence-electron chi connectivity index (χ3n) is 3.12. The smallest absolute Gasteiger partial charge is 0.119 e. The van der Waals surface area contributed by atoms with Gasteiger partial charge < -0.3 is 10.1 Å². The molecule has 0 saturated carbocycles. The van der Waals surface area contributed by atoms with Crippen LogP contribution < -0.4 is 10.1 Å². The average molecular weight is 261 g/mol. The van der Waals surface area contributed by atoms with E-state index in [4.69, 9.17) is 4.74 Å². The van der Waals surface area contributed by atoms with Gasteiger partial charge in [0, 0.05) is 6.54 Å². The van der Waals surface area contributed by atoms with Crippen molar-refractivity contribution < 1.29 is 4.74 Å². The van der Waals surface area contributed by atoms with E-state index in [1.54, 1.807) is 0 Å². The maximum Gasteiger partial charge on any atom is 0.119 e. The largest absolute Gasteiger partial charge is 0.494 e. The first-order valence-electron chi connectivity index (χ1n) is 7.25. The minimum Gasteiger partial charge on any atom is -0.494 e. The lowest BCUT2D eigenvalue weighted by Crippen LogP contribution is -2.13. The molecule has 1 aromatic carbocycles. The molecule has 0 heterocycles. The molecular formula is C17H27NO. The second kappa shape index (κ2) is 8.76. The minimum atomic E-state index is 0.563. The molecule has 1 rings (SSSR count). The summed E-state index contributed by atoms with van der Waals surface area (Å²) in [7, 11) is 1.99. The van der Waals surface area contributed by atoms with Crippen molar-refractivity contribution in [2.45, 2.75) is 33.6 Å². The van der Waals surface area contributed by atoms with Crippen molar-refractivity contribution in [3.63, 3.8) is 0 Å². The molecule has 0 unspecified atom stereocenters. The summed E-state index contributed by atoms with van der Waals surface area (Å²) in [5.41, 5.74) is 2.66. The van der Waals surface area contributed by atoms with Crippen LogP contribution in [0.5, 0.6) is 5.75 Å². The lowest BCUT2D eigenvalue weighted by molar-refractivity contribution is 0.309. The van der Waals surface area contributed by atoms with Gasteiger partial charge >= 0.3 is 0 Å². The molecule has 0 aliphatic carbocycles. The fourth-order valence-electron chi connectivity index (χ4n) is 1.83. The summed E-state index contributed by atoms with van der Waals surface area (Å²) in [4.78, 5) is 0. The monoisotopic (exact) mass is 261 g/mol. The third-order valence-corrected chi connectivity index (χ3v) is 3.12. The van der Waals surface area contributed by atoms with Crippen LogP contribution in [0.1, 0.15) is 39.2 Å². The first-order chi connectivity index (χ1) is 9.17. The van der Waals surface area contributed by atoms with Crippen LogP contribution in [0.4, 0.5) is 0 Å². The number of hydrogen-bond donors (Lipinski definition) is 1. The van der Waals surface area contributed by atoms with Gasteiger partial charge in [-0.3, -0.25) is 0 Å². The van der Waals surface area contributed by atoms with Crippen LogP contribution >= 0.6 is 0 Å². The van der Waals surface area contributed by atoms with Gasteiger partial charge in [0.2, 0.25) is 0 Å². The van der Waals surface area contributed by atoms with Crippen molar-refractivity contribution in [1.82, 2.24) is 5.32 Å². The summed E-state index contributed by atoms with van der Waals surface area (Å²) < 4.78 is 5.67. The highest BCUT2D eigenvalue weighted by Gasteiger charge is 2.02. The molecular weight excluding hydrogens is 234 g/mol. The SMILES string of the molecule is CCCCOc1ccc(C=C(CNC)C(C)C)cc1. The molecule has 0 aliphatic rings. The number of ether oxygens (including phenoxy) is 1. The van der Waals surface area contributed by atoms with E-state index in [9.17, 15) is 0 Å². The lowest BCUT2D eigenvalue weighted by Gasteiger charge is -2.11. The molecule has 0 aliphatic heterocycles. The molecule has 1 N–H and O–H groups in total. The molecule has 0 radical (unpaired) electrons. The van der Waals surface area contributed by atoms with Crippen LogP contribution in [-0.4, -0.2) is 20.2 Å². The second-order valence-corrected chi connectivity index (χ2v) is 5.18. The minimum absolute atomic E-state index is 0.563. The van der Waals surface area contributed by atoms with Crippen LogP contribution in [0, 0.1) is 5.92 Å². The second-order valence-electron chi connectivity index (χ2n) is 5.18. The standard InChI is InChI=1S/C17H27NO/c1-5-6-11-19-17-9-7-15(8-10-17)12-16(13-18-4)14(2)3/h7-10,12,14,18H,5-6,11,13H2,1-4H3. The number of hydrogen-bond acceptors (Lipinski definition) is 2. The molecule has 2 heteroatoms. The summed E-state index contributed by atoms with van der Waals surface area (Å²) in [5.74, 6) is 1.53. The highest BCUT2D eigenvalue weighted by Crippen LogP contribution is 2.17. The summed E-state index contributed by atoms with van der Waals surface area (Å²) in [5, 5.41) is 3.22. The number of rotatable bonds is 8. The zero-order valence-corrected chi connectivity index (χ0v) is 12.7. The molecule has 0 atom stereocenters. The maximum absolute atomic E-state index is 5.67. The highest BCUT2D eigenvalue weighted by molar-refractivity contribution is 5.54. The van der Waals surface area contributed by atoms with E-state index in [1.165, 1.54) is 17.6 Å². The topological polar surface area (TPSA) is 21.3 Å². The average Bonchev–Trinajstić information content (AvgIpc) is 2.40. The zero-order chi connectivity index (χ0) is 14.1. The van der Waals surface area contributed by atoms with Crippen molar-refractivity contribution in [2.75, 3.05) is 20.2 Å². The van der Waals surface area contributed by atoms with E-state index in [0.29, 0.717) is 5.92 Å². The predicted molar refractivity (Wildman–Crippen MR) is 83.6 cm³/mol. The quantitative estimate of drug-likeness (QED) is 0.711. The molecule has 2 nitrogen and oxygen atoms in total. The Labute approximate surface area is 117 Å². The van der Waals surface area contributed by atoms with Gasteiger partial charge in [0.1, 0.15) is 5.75 Å². The van der Waals surface area contributed by atoms with Crippen LogP contribution in [0.2, 0.25) is 0 Å². The molecule has 19 heavy (non-hydrogen) atoms. The Kier molecular flexibility index (Phi) is 7.27. The van der Waals surface area contributed by atoms with Crippen molar-refractivity contribution >= 4 is 6.08 Å². The summed E-state index contributed by atoms with van der Waals surface area (Å²) in [6.07, 6.45) is 4.54. The molecule has 0 saturated heterocycles.